The van der Waals surface area contributed by atoms with Crippen molar-refractivity contribution >= 4 is 29.3 Å². The second-order valence-electron chi connectivity index (χ2n) is 8.96. The van der Waals surface area contributed by atoms with Gasteiger partial charge in [-0.05, 0) is 48.4 Å². The van der Waals surface area contributed by atoms with Crippen molar-refractivity contribution in [1.29, 1.82) is 0 Å². The van der Waals surface area contributed by atoms with Gasteiger partial charge in [0.25, 0.3) is 5.91 Å². The van der Waals surface area contributed by atoms with E-state index in [1.165, 1.54) is 11.3 Å². The van der Waals surface area contributed by atoms with E-state index < -0.39 is 29.6 Å². The number of hydrogen-bond donors (Lipinski definition) is 3. The molecule has 1 heterocycles. The number of carboxylic acid groups (broad SMARTS) is 1. The molecule has 0 aliphatic heterocycles. The van der Waals surface area contributed by atoms with Crippen molar-refractivity contribution in [2.24, 2.45) is 0 Å². The molecule has 3 aromatic rings. The van der Waals surface area contributed by atoms with Gasteiger partial charge < -0.3 is 20.5 Å². The minimum absolute atomic E-state index is 0.0355. The monoisotopic (exact) mass is 491 g/mol. The minimum atomic E-state index is -1.20. The molecule has 3 N–H and O–H groups in total. The van der Waals surface area contributed by atoms with Gasteiger partial charge in [0, 0.05) is 11.3 Å². The number of nitrogens with zero attached hydrogens (tertiary/aromatic N) is 1. The van der Waals surface area contributed by atoms with E-state index in [0.717, 1.165) is 28.7 Å². The first kappa shape index (κ1) is 23.0. The zero-order valence-corrected chi connectivity index (χ0v) is 19.9. The van der Waals surface area contributed by atoms with Crippen LogP contribution in [0.1, 0.15) is 64.8 Å². The van der Waals surface area contributed by atoms with E-state index in [2.05, 4.69) is 39.9 Å². The van der Waals surface area contributed by atoms with Gasteiger partial charge in [-0.15, -0.1) is 11.3 Å². The van der Waals surface area contributed by atoms with Crippen LogP contribution >= 0.6 is 11.3 Å². The van der Waals surface area contributed by atoms with Crippen LogP contribution in [0.4, 0.5) is 4.79 Å². The van der Waals surface area contributed by atoms with Gasteiger partial charge in [0.15, 0.2) is 0 Å². The Morgan fingerprint density at radius 3 is 2.31 bits per heavy atom. The van der Waals surface area contributed by atoms with Crippen molar-refractivity contribution in [2.75, 3.05) is 6.61 Å². The Bertz CT molecular complexity index is 1250. The first-order chi connectivity index (χ1) is 16.9. The number of aromatic nitrogens is 1. The number of aliphatic carboxylic acids is 1. The highest BCUT2D eigenvalue weighted by molar-refractivity contribution is 7.09. The summed E-state index contributed by atoms with van der Waals surface area (Å²) in [5.74, 6) is -1.59. The van der Waals surface area contributed by atoms with Crippen molar-refractivity contribution in [1.82, 2.24) is 15.6 Å². The lowest BCUT2D eigenvalue weighted by Gasteiger charge is -2.37. The lowest BCUT2D eigenvalue weighted by molar-refractivity contribution is -0.148. The molecule has 9 heteroatoms. The fraction of sp³-hybridized carbons (Fsp3) is 0.308. The van der Waals surface area contributed by atoms with Gasteiger partial charge >= 0.3 is 12.1 Å². The maximum Gasteiger partial charge on any atom is 0.407 e. The van der Waals surface area contributed by atoms with E-state index in [-0.39, 0.29) is 18.2 Å². The van der Waals surface area contributed by atoms with E-state index in [1.54, 1.807) is 12.3 Å². The highest BCUT2D eigenvalue weighted by Gasteiger charge is 2.46. The van der Waals surface area contributed by atoms with Crippen LogP contribution in [0.2, 0.25) is 0 Å². The third kappa shape index (κ3) is 4.27. The number of carbonyl (C=O) groups excluding carboxylic acids is 2. The van der Waals surface area contributed by atoms with Gasteiger partial charge in [0.2, 0.25) is 0 Å². The van der Waals surface area contributed by atoms with Crippen LogP contribution < -0.4 is 10.6 Å². The van der Waals surface area contributed by atoms with E-state index in [4.69, 9.17) is 4.74 Å². The molecular weight excluding hydrogens is 466 g/mol. The Morgan fingerprint density at radius 1 is 1.11 bits per heavy atom. The third-order valence-electron chi connectivity index (χ3n) is 6.77. The SMILES string of the molecule is CC(NC(=O)OCC1c2ccccc2-c2ccccc21)c1nc(C(=O)NC2(C(=O)O)CCC2)cs1. The summed E-state index contributed by atoms with van der Waals surface area (Å²) < 4.78 is 5.58. The number of hydrogen-bond acceptors (Lipinski definition) is 6. The number of alkyl carbamates (subject to hydrolysis) is 1. The molecular formula is C26H25N3O5S. The Balaban J connectivity index is 1.19. The van der Waals surface area contributed by atoms with Gasteiger partial charge in [0.05, 0.1) is 6.04 Å². The third-order valence-corrected chi connectivity index (χ3v) is 7.80. The molecule has 35 heavy (non-hydrogen) atoms. The number of fused-ring (bicyclic) bond motifs is 3. The quantitative estimate of drug-likeness (QED) is 0.449. The molecule has 2 aliphatic rings. The van der Waals surface area contributed by atoms with Crippen molar-refractivity contribution in [3.8, 4) is 11.1 Å². The summed E-state index contributed by atoms with van der Waals surface area (Å²) in [7, 11) is 0. The second kappa shape index (κ2) is 9.14. The van der Waals surface area contributed by atoms with Crippen LogP contribution in [0, 0.1) is 0 Å². The maximum atomic E-state index is 12.6. The smallest absolute Gasteiger partial charge is 0.407 e. The normalized spacial score (nSPS) is 16.4. The Morgan fingerprint density at radius 2 is 1.74 bits per heavy atom. The van der Waals surface area contributed by atoms with E-state index >= 15 is 0 Å². The first-order valence-electron chi connectivity index (χ1n) is 11.5. The number of rotatable bonds is 7. The van der Waals surface area contributed by atoms with Crippen LogP contribution in [0.3, 0.4) is 0 Å². The van der Waals surface area contributed by atoms with Gasteiger partial charge in [-0.25, -0.2) is 14.6 Å². The van der Waals surface area contributed by atoms with E-state index in [9.17, 15) is 19.5 Å². The lowest BCUT2D eigenvalue weighted by atomic mass is 9.76. The predicted octanol–water partition coefficient (Wildman–Crippen LogP) is 4.48. The molecule has 1 unspecified atom stereocenters. The molecule has 1 atom stereocenters. The molecule has 2 aliphatic carbocycles. The molecule has 0 saturated heterocycles. The highest BCUT2D eigenvalue weighted by atomic mass is 32.1. The summed E-state index contributed by atoms with van der Waals surface area (Å²) >= 11 is 1.22. The largest absolute Gasteiger partial charge is 0.480 e. The Hall–Kier alpha value is -3.72. The van der Waals surface area contributed by atoms with Crippen LogP contribution in [0.5, 0.6) is 0 Å². The first-order valence-corrected chi connectivity index (χ1v) is 12.4. The standard InChI is InChI=1S/C26H25N3O5S/c1-15(23-28-21(14-35-23)22(30)29-26(24(31)32)11-6-12-26)27-25(33)34-13-20-18-9-4-2-7-16(18)17-8-3-5-10-19(17)20/h2-5,7-10,14-15,20H,6,11-13H2,1H3,(H,27,33)(H,29,30)(H,31,32). The molecule has 0 spiro atoms. The van der Waals surface area contributed by atoms with Gasteiger partial charge in [0.1, 0.15) is 22.8 Å². The molecule has 8 nitrogen and oxygen atoms in total. The lowest BCUT2D eigenvalue weighted by Crippen LogP contribution is -2.59. The second-order valence-corrected chi connectivity index (χ2v) is 9.85. The van der Waals surface area contributed by atoms with Crippen LogP contribution in [0.15, 0.2) is 53.9 Å². The number of ether oxygens (including phenoxy) is 1. The predicted molar refractivity (Wildman–Crippen MR) is 130 cm³/mol. The average Bonchev–Trinajstić information content (AvgIpc) is 3.44. The number of benzene rings is 2. The van der Waals surface area contributed by atoms with E-state index in [1.807, 2.05) is 24.3 Å². The zero-order chi connectivity index (χ0) is 24.6. The number of thiazole rings is 1. The van der Waals surface area contributed by atoms with Crippen LogP contribution in [-0.2, 0) is 9.53 Å². The maximum absolute atomic E-state index is 12.6. The fourth-order valence-electron chi connectivity index (χ4n) is 4.67. The van der Waals surface area contributed by atoms with Crippen LogP contribution in [-0.4, -0.2) is 40.2 Å². The van der Waals surface area contributed by atoms with Gasteiger partial charge in [-0.3, -0.25) is 4.79 Å². The van der Waals surface area contributed by atoms with Gasteiger partial charge in [-0.2, -0.15) is 0 Å². The number of nitrogens with one attached hydrogen (secondary N) is 2. The highest BCUT2D eigenvalue weighted by Crippen LogP contribution is 2.44. The van der Waals surface area contributed by atoms with Crippen molar-refractivity contribution in [3.63, 3.8) is 0 Å². The number of carboxylic acids is 1. The molecule has 5 rings (SSSR count). The molecule has 0 bridgehead atoms. The van der Waals surface area contributed by atoms with E-state index in [0.29, 0.717) is 17.8 Å². The zero-order valence-electron chi connectivity index (χ0n) is 19.1. The summed E-state index contributed by atoms with van der Waals surface area (Å²) in [6.45, 7) is 1.96. The molecule has 2 aromatic carbocycles. The topological polar surface area (TPSA) is 118 Å². The number of carbonyl (C=O) groups is 3. The molecule has 1 aromatic heterocycles. The molecule has 1 fully saturated rings. The molecule has 180 valence electrons. The summed E-state index contributed by atoms with van der Waals surface area (Å²) in [5, 5.41) is 16.9. The molecule has 2 amide bonds. The molecule has 0 radical (unpaired) electrons. The fourth-order valence-corrected chi connectivity index (χ4v) is 5.48. The van der Waals surface area contributed by atoms with Crippen LogP contribution in [0.25, 0.3) is 11.1 Å². The summed E-state index contributed by atoms with van der Waals surface area (Å²) in [5.41, 5.74) is 3.52. The average molecular weight is 492 g/mol. The summed E-state index contributed by atoms with van der Waals surface area (Å²) in [6.07, 6.45) is 1.01. The number of amides is 2. The van der Waals surface area contributed by atoms with Crippen molar-refractivity contribution < 1.29 is 24.2 Å². The van der Waals surface area contributed by atoms with Crippen molar-refractivity contribution in [2.45, 2.75) is 43.7 Å². The van der Waals surface area contributed by atoms with Gasteiger partial charge in [-0.1, -0.05) is 48.5 Å². The van der Waals surface area contributed by atoms with Crippen molar-refractivity contribution in [3.05, 3.63) is 75.7 Å². The Kier molecular flexibility index (Phi) is 6.02. The Labute approximate surface area is 206 Å². The minimum Gasteiger partial charge on any atom is -0.480 e. The summed E-state index contributed by atoms with van der Waals surface area (Å²) in [4.78, 5) is 40.9. The molecule has 1 saturated carbocycles. The summed E-state index contributed by atoms with van der Waals surface area (Å²) in [6, 6.07) is 15.8.